The van der Waals surface area contributed by atoms with Crippen LogP contribution in [0.5, 0.6) is 0 Å². The van der Waals surface area contributed by atoms with E-state index in [4.69, 9.17) is 0 Å². The normalized spacial score (nSPS) is 12.2. The molecule has 64 heavy (non-hydrogen) atoms. The highest BCUT2D eigenvalue weighted by atomic mass is 19.4. The second kappa shape index (κ2) is 14.8. The van der Waals surface area contributed by atoms with Crippen LogP contribution in [0.1, 0.15) is 38.9 Å². The Balaban J connectivity index is 1.36. The largest absolute Gasteiger partial charge is 0.417 e. The maximum Gasteiger partial charge on any atom is 0.417 e. The van der Waals surface area contributed by atoms with E-state index in [0.29, 0.717) is 28.1 Å². The predicted molar refractivity (Wildman–Crippen MR) is 245 cm³/mol. The highest BCUT2D eigenvalue weighted by Gasteiger charge is 2.40. The van der Waals surface area contributed by atoms with Gasteiger partial charge in [-0.05, 0) is 127 Å². The zero-order valence-electron chi connectivity index (χ0n) is 35.0. The van der Waals surface area contributed by atoms with Gasteiger partial charge in [0.25, 0.3) is 0 Å². The second-order valence-corrected chi connectivity index (χ2v) is 16.6. The first-order valence-electron chi connectivity index (χ1n) is 20.7. The van der Waals surface area contributed by atoms with Crippen molar-refractivity contribution in [1.82, 2.24) is 9.13 Å². The van der Waals surface area contributed by atoms with Crippen LogP contribution >= 0.6 is 0 Å². The molecule has 8 aromatic carbocycles. The van der Waals surface area contributed by atoms with Gasteiger partial charge in [-0.15, -0.1) is 0 Å². The molecule has 0 saturated carbocycles. The standard InChI is InChI=1S/C55H37F6N3/c1-31-13-18-39(33(3)23-31)36-15-21-49-44(27-36)41-9-5-7-11-47(41)63(49)51-25-35(30-62)26-52(53(51)43-20-17-38(54(56,57)58)29-46(43)55(59,60)61)64-48-12-8-6-10-42(48)45-28-37(16-22-50(45)64)40-19-14-32(2)24-34(40)4/h5-29H,1-4H3. The highest BCUT2D eigenvalue weighted by Crippen LogP contribution is 2.48. The van der Waals surface area contributed by atoms with Crippen molar-refractivity contribution in [3.63, 3.8) is 0 Å². The molecule has 0 saturated heterocycles. The number of rotatable bonds is 5. The summed E-state index contributed by atoms with van der Waals surface area (Å²) in [5, 5.41) is 14.0. The van der Waals surface area contributed by atoms with Crippen molar-refractivity contribution < 1.29 is 26.3 Å². The summed E-state index contributed by atoms with van der Waals surface area (Å²) in [6.07, 6.45) is -10.3. The first kappa shape index (κ1) is 40.5. The second-order valence-electron chi connectivity index (χ2n) is 16.6. The number of hydrogen-bond acceptors (Lipinski definition) is 1. The Labute approximate surface area is 364 Å². The number of nitrogens with zero attached hydrogens (tertiary/aromatic N) is 3. The summed E-state index contributed by atoms with van der Waals surface area (Å²) >= 11 is 0. The van der Waals surface area contributed by atoms with Crippen LogP contribution in [0.3, 0.4) is 0 Å². The van der Waals surface area contributed by atoms with E-state index < -0.39 is 29.0 Å². The van der Waals surface area contributed by atoms with Gasteiger partial charge < -0.3 is 9.13 Å². The molecular formula is C55H37F6N3. The summed E-state index contributed by atoms with van der Waals surface area (Å²) in [5.41, 5.74) is 8.04. The summed E-state index contributed by atoms with van der Waals surface area (Å²) in [6, 6.07) is 46.4. The smallest absolute Gasteiger partial charge is 0.308 e. The molecule has 2 aromatic heterocycles. The minimum atomic E-state index is -5.21. The van der Waals surface area contributed by atoms with E-state index in [2.05, 4.69) is 42.5 Å². The fourth-order valence-corrected chi connectivity index (χ4v) is 9.55. The Bertz CT molecular complexity index is 3410. The molecule has 0 N–H and O–H groups in total. The molecule has 314 valence electrons. The molecule has 0 spiro atoms. The number of para-hydroxylation sites is 2. The van der Waals surface area contributed by atoms with Gasteiger partial charge in [0.1, 0.15) is 0 Å². The van der Waals surface area contributed by atoms with Gasteiger partial charge in [0.15, 0.2) is 0 Å². The quantitative estimate of drug-likeness (QED) is 0.159. The van der Waals surface area contributed by atoms with Crippen LogP contribution in [0.4, 0.5) is 26.3 Å². The molecule has 3 nitrogen and oxygen atoms in total. The Morgan fingerprint density at radius 3 is 1.33 bits per heavy atom. The number of alkyl halides is 6. The first-order chi connectivity index (χ1) is 30.6. The fraction of sp³-hybridized carbons (Fsp3) is 0.109. The molecule has 0 aliphatic heterocycles. The van der Waals surface area contributed by atoms with Crippen molar-refractivity contribution in [2.45, 2.75) is 40.0 Å². The SMILES string of the molecule is Cc1ccc(-c2ccc3c(c2)c2ccccc2n3-c2cc(C#N)cc(-n3c4ccccc4c4cc(-c5ccc(C)cc5C)ccc43)c2-c2ccc(C(F)(F)F)cc2C(F)(F)F)c(C)c1. The Morgan fingerprint density at radius 1 is 0.438 bits per heavy atom. The summed E-state index contributed by atoms with van der Waals surface area (Å²) in [7, 11) is 0. The summed E-state index contributed by atoms with van der Waals surface area (Å²) in [5.74, 6) is 0. The van der Waals surface area contributed by atoms with Crippen LogP contribution in [0.15, 0.2) is 152 Å². The van der Waals surface area contributed by atoms with Crippen molar-refractivity contribution in [3.05, 3.63) is 191 Å². The molecule has 0 fully saturated rings. The lowest BCUT2D eigenvalue weighted by Crippen LogP contribution is -2.14. The van der Waals surface area contributed by atoms with E-state index in [0.717, 1.165) is 72.1 Å². The summed E-state index contributed by atoms with van der Waals surface area (Å²) in [4.78, 5) is 0. The molecule has 10 rings (SSSR count). The third kappa shape index (κ3) is 6.60. The molecule has 2 heterocycles. The number of fused-ring (bicyclic) bond motifs is 6. The van der Waals surface area contributed by atoms with Gasteiger partial charge in [0.05, 0.1) is 56.2 Å². The van der Waals surface area contributed by atoms with Crippen molar-refractivity contribution in [1.29, 1.82) is 5.26 Å². The van der Waals surface area contributed by atoms with Gasteiger partial charge >= 0.3 is 12.4 Å². The first-order valence-corrected chi connectivity index (χ1v) is 20.7. The van der Waals surface area contributed by atoms with Gasteiger partial charge in [0, 0.05) is 27.1 Å². The average molecular weight is 854 g/mol. The lowest BCUT2D eigenvalue weighted by atomic mass is 9.92. The summed E-state index contributed by atoms with van der Waals surface area (Å²) in [6.45, 7) is 8.13. The Hall–Kier alpha value is -7.57. The molecule has 0 aliphatic rings. The van der Waals surface area contributed by atoms with E-state index in [-0.39, 0.29) is 28.6 Å². The van der Waals surface area contributed by atoms with E-state index in [1.165, 1.54) is 12.1 Å². The lowest BCUT2D eigenvalue weighted by Gasteiger charge is -2.24. The fourth-order valence-electron chi connectivity index (χ4n) is 9.55. The van der Waals surface area contributed by atoms with E-state index in [1.54, 1.807) is 0 Å². The molecular weight excluding hydrogens is 817 g/mol. The molecule has 10 aromatic rings. The van der Waals surface area contributed by atoms with Crippen molar-refractivity contribution in [2.75, 3.05) is 0 Å². The molecule has 0 atom stereocenters. The van der Waals surface area contributed by atoms with Gasteiger partial charge in [0.2, 0.25) is 0 Å². The van der Waals surface area contributed by atoms with E-state index in [9.17, 15) is 18.4 Å². The number of halogens is 6. The van der Waals surface area contributed by atoms with Gasteiger partial charge in [-0.3, -0.25) is 0 Å². The molecule has 9 heteroatoms. The predicted octanol–water partition coefficient (Wildman–Crippen LogP) is 16.0. The summed E-state index contributed by atoms with van der Waals surface area (Å²) < 4.78 is 93.0. The maximum absolute atomic E-state index is 15.5. The highest BCUT2D eigenvalue weighted by molar-refractivity contribution is 6.13. The number of aryl methyl sites for hydroxylation is 4. The zero-order valence-corrected chi connectivity index (χ0v) is 35.0. The molecule has 0 aliphatic carbocycles. The van der Waals surface area contributed by atoms with Crippen molar-refractivity contribution >= 4 is 43.6 Å². The van der Waals surface area contributed by atoms with E-state index in [1.807, 2.05) is 122 Å². The van der Waals surface area contributed by atoms with Crippen LogP contribution in [-0.4, -0.2) is 9.13 Å². The van der Waals surface area contributed by atoms with Gasteiger partial charge in [-0.1, -0.05) is 102 Å². The van der Waals surface area contributed by atoms with Gasteiger partial charge in [-0.2, -0.15) is 31.6 Å². The van der Waals surface area contributed by atoms with Crippen molar-refractivity contribution in [2.24, 2.45) is 0 Å². The number of hydrogen-bond donors (Lipinski definition) is 0. The number of benzene rings is 8. The van der Waals surface area contributed by atoms with Crippen LogP contribution in [0, 0.1) is 39.0 Å². The van der Waals surface area contributed by atoms with Crippen LogP contribution < -0.4 is 0 Å². The lowest BCUT2D eigenvalue weighted by molar-refractivity contribution is -0.142. The third-order valence-electron chi connectivity index (χ3n) is 12.4. The molecule has 0 amide bonds. The van der Waals surface area contributed by atoms with Crippen LogP contribution in [-0.2, 0) is 12.4 Å². The Kier molecular flexibility index (Phi) is 9.35. The third-order valence-corrected chi connectivity index (χ3v) is 12.4. The maximum atomic E-state index is 15.5. The average Bonchev–Trinajstić information content (AvgIpc) is 3.77. The van der Waals surface area contributed by atoms with Crippen molar-refractivity contribution in [3.8, 4) is 50.8 Å². The minimum Gasteiger partial charge on any atom is -0.308 e. The van der Waals surface area contributed by atoms with E-state index >= 15 is 13.2 Å². The zero-order chi connectivity index (χ0) is 44.8. The minimum absolute atomic E-state index is 0.00210. The van der Waals surface area contributed by atoms with Crippen LogP contribution in [0.25, 0.3) is 88.4 Å². The topological polar surface area (TPSA) is 33.6 Å². The van der Waals surface area contributed by atoms with Crippen LogP contribution in [0.2, 0.25) is 0 Å². The Morgan fingerprint density at radius 2 is 0.891 bits per heavy atom. The monoisotopic (exact) mass is 853 g/mol. The molecule has 0 unspecified atom stereocenters. The number of aromatic nitrogens is 2. The molecule has 0 bridgehead atoms. The number of nitriles is 1. The van der Waals surface area contributed by atoms with Gasteiger partial charge in [-0.25, -0.2) is 0 Å². The molecule has 0 radical (unpaired) electrons.